The molecule has 2 rings (SSSR count). The maximum Gasteiger partial charge on any atom is 0.311 e. The van der Waals surface area contributed by atoms with Gasteiger partial charge in [0.05, 0.1) is 19.2 Å². The molecule has 0 N–H and O–H groups in total. The third-order valence-electron chi connectivity index (χ3n) is 9.33. The number of benzene rings is 2. The molecule has 0 fully saturated rings. The van der Waals surface area contributed by atoms with E-state index in [1.54, 1.807) is 14.2 Å². The quantitative estimate of drug-likeness (QED) is 0.0491. The van der Waals surface area contributed by atoms with Gasteiger partial charge in [0.2, 0.25) is 0 Å². The number of carbonyl (C=O) groups is 1. The Bertz CT molecular complexity index is 1100. The van der Waals surface area contributed by atoms with Gasteiger partial charge in [0.15, 0.2) is 0 Å². The molecule has 0 bridgehead atoms. The largest absolute Gasteiger partial charge is 0.496 e. The Morgan fingerprint density at radius 1 is 0.532 bits per heavy atom. The van der Waals surface area contributed by atoms with Crippen molar-refractivity contribution in [2.75, 3.05) is 14.2 Å². The summed E-state index contributed by atoms with van der Waals surface area (Å²) in [7, 11) is 3.40. The molecule has 47 heavy (non-hydrogen) atoms. The first kappa shape index (κ1) is 41.0. The number of aryl methyl sites for hydroxylation is 2. The Hall–Kier alpha value is -2.20. The minimum absolute atomic E-state index is 0.105. The van der Waals surface area contributed by atoms with Crippen molar-refractivity contribution in [1.29, 1.82) is 0 Å². The molecular formula is C42H67ClO4. The number of esters is 1. The molecular weight excluding hydrogens is 604 g/mol. The fraction of sp³-hybridized carbons (Fsp3) is 0.690. The number of methoxy groups -OCH3 is 2. The fourth-order valence-electron chi connectivity index (χ4n) is 6.40. The molecule has 0 aliphatic heterocycles. The van der Waals surface area contributed by atoms with Gasteiger partial charge in [-0.2, -0.15) is 0 Å². The standard InChI is InChI=1S/C42H67ClO4/c1-5-7-9-10-11-17-20-24-28-37-40(46-4)33-36(27-22-8-6-2)34-41(37)47-42(44)29-25-21-18-15-13-12-14-16-19-23-26-35-30-31-39(45-3)38(43)32-35/h30-34H,5-29H2,1-4H3. The molecule has 2 aromatic rings. The first-order valence-corrected chi connectivity index (χ1v) is 19.6. The van der Waals surface area contributed by atoms with Crippen LogP contribution < -0.4 is 14.2 Å². The van der Waals surface area contributed by atoms with Gasteiger partial charge in [-0.1, -0.05) is 141 Å². The number of hydrogen-bond donors (Lipinski definition) is 0. The lowest BCUT2D eigenvalue weighted by atomic mass is 9.99. The highest BCUT2D eigenvalue weighted by atomic mass is 35.5. The smallest absolute Gasteiger partial charge is 0.311 e. The Morgan fingerprint density at radius 2 is 1.00 bits per heavy atom. The van der Waals surface area contributed by atoms with E-state index < -0.39 is 0 Å². The zero-order valence-corrected chi connectivity index (χ0v) is 31.3. The molecule has 0 saturated heterocycles. The van der Waals surface area contributed by atoms with Crippen molar-refractivity contribution in [2.45, 2.75) is 174 Å². The summed E-state index contributed by atoms with van der Waals surface area (Å²) in [6, 6.07) is 10.4. The molecule has 2 aromatic carbocycles. The van der Waals surface area contributed by atoms with E-state index in [9.17, 15) is 4.79 Å². The molecule has 0 unspecified atom stereocenters. The van der Waals surface area contributed by atoms with Crippen molar-refractivity contribution in [3.8, 4) is 17.2 Å². The molecule has 0 aromatic heterocycles. The number of rotatable bonds is 29. The van der Waals surface area contributed by atoms with Crippen LogP contribution in [-0.2, 0) is 24.1 Å². The summed E-state index contributed by atoms with van der Waals surface area (Å²) in [4.78, 5) is 13.0. The van der Waals surface area contributed by atoms with Crippen molar-refractivity contribution in [3.05, 3.63) is 52.0 Å². The van der Waals surface area contributed by atoms with Crippen LogP contribution in [-0.4, -0.2) is 20.2 Å². The molecule has 0 spiro atoms. The lowest BCUT2D eigenvalue weighted by molar-refractivity contribution is -0.134. The summed E-state index contributed by atoms with van der Waals surface area (Å²) in [5, 5.41) is 0.698. The van der Waals surface area contributed by atoms with Crippen LogP contribution in [0.25, 0.3) is 0 Å². The first-order valence-electron chi connectivity index (χ1n) is 19.2. The Balaban J connectivity index is 1.66. The van der Waals surface area contributed by atoms with Crippen LogP contribution in [0.3, 0.4) is 0 Å². The third kappa shape index (κ3) is 18.2. The van der Waals surface area contributed by atoms with E-state index in [0.29, 0.717) is 11.4 Å². The van der Waals surface area contributed by atoms with Crippen LogP contribution in [0.2, 0.25) is 5.02 Å². The summed E-state index contributed by atoms with van der Waals surface area (Å²) >= 11 is 6.24. The van der Waals surface area contributed by atoms with Gasteiger partial charge in [0.25, 0.3) is 0 Å². The number of carbonyl (C=O) groups excluding carboxylic acids is 1. The van der Waals surface area contributed by atoms with Gasteiger partial charge in [0.1, 0.15) is 17.2 Å². The van der Waals surface area contributed by atoms with Crippen LogP contribution in [0.4, 0.5) is 0 Å². The number of ether oxygens (including phenoxy) is 3. The van der Waals surface area contributed by atoms with Gasteiger partial charge < -0.3 is 14.2 Å². The molecule has 0 amide bonds. The van der Waals surface area contributed by atoms with E-state index >= 15 is 0 Å². The predicted octanol–water partition coefficient (Wildman–Crippen LogP) is 13.2. The fourth-order valence-corrected chi connectivity index (χ4v) is 6.68. The van der Waals surface area contributed by atoms with Gasteiger partial charge in [0, 0.05) is 12.0 Å². The van der Waals surface area contributed by atoms with E-state index in [1.165, 1.54) is 120 Å². The lowest BCUT2D eigenvalue weighted by Gasteiger charge is -2.16. The summed E-state index contributed by atoms with van der Waals surface area (Å²) in [5.74, 6) is 2.25. The molecule has 0 heterocycles. The van der Waals surface area contributed by atoms with Crippen LogP contribution in [0, 0.1) is 0 Å². The third-order valence-corrected chi connectivity index (χ3v) is 9.63. The highest BCUT2D eigenvalue weighted by Crippen LogP contribution is 2.34. The monoisotopic (exact) mass is 670 g/mol. The molecule has 0 radical (unpaired) electrons. The minimum atomic E-state index is -0.105. The maximum absolute atomic E-state index is 13.0. The van der Waals surface area contributed by atoms with Crippen LogP contribution in [0.15, 0.2) is 30.3 Å². The SMILES string of the molecule is CCCCCCCCCCc1c(OC)cc(CCCCC)cc1OC(=O)CCCCCCCCCCCCc1ccc(OC)c(Cl)c1. The summed E-state index contributed by atoms with van der Waals surface area (Å²) in [6.45, 7) is 4.49. The van der Waals surface area contributed by atoms with Crippen LogP contribution in [0.1, 0.15) is 172 Å². The molecule has 0 aliphatic rings. The zero-order valence-electron chi connectivity index (χ0n) is 30.6. The van der Waals surface area contributed by atoms with Gasteiger partial charge >= 0.3 is 5.97 Å². The van der Waals surface area contributed by atoms with Gasteiger partial charge in [-0.3, -0.25) is 4.79 Å². The molecule has 5 heteroatoms. The normalized spacial score (nSPS) is 11.2. The summed E-state index contributed by atoms with van der Waals surface area (Å²) < 4.78 is 17.1. The van der Waals surface area contributed by atoms with Crippen LogP contribution in [0.5, 0.6) is 17.2 Å². The second kappa shape index (κ2) is 26.7. The predicted molar refractivity (Wildman–Crippen MR) is 201 cm³/mol. The van der Waals surface area contributed by atoms with Crippen molar-refractivity contribution in [3.63, 3.8) is 0 Å². The summed E-state index contributed by atoms with van der Waals surface area (Å²) in [6.07, 6.45) is 29.3. The van der Waals surface area contributed by atoms with Gasteiger partial charge in [-0.25, -0.2) is 0 Å². The molecule has 0 atom stereocenters. The molecule has 0 saturated carbocycles. The Kier molecular flexibility index (Phi) is 23.3. The number of halogens is 1. The highest BCUT2D eigenvalue weighted by molar-refractivity contribution is 6.32. The second-order valence-corrected chi connectivity index (χ2v) is 13.8. The van der Waals surface area contributed by atoms with E-state index in [4.69, 9.17) is 25.8 Å². The molecule has 266 valence electrons. The highest BCUT2D eigenvalue weighted by Gasteiger charge is 2.16. The van der Waals surface area contributed by atoms with E-state index in [1.807, 2.05) is 12.1 Å². The molecule has 0 aliphatic carbocycles. The lowest BCUT2D eigenvalue weighted by Crippen LogP contribution is -2.10. The average Bonchev–Trinajstić information content (AvgIpc) is 3.07. The Labute approximate surface area is 293 Å². The molecule has 4 nitrogen and oxygen atoms in total. The zero-order chi connectivity index (χ0) is 34.0. The van der Waals surface area contributed by atoms with Gasteiger partial charge in [-0.05, 0) is 80.3 Å². The van der Waals surface area contributed by atoms with E-state index in [2.05, 4.69) is 32.0 Å². The summed E-state index contributed by atoms with van der Waals surface area (Å²) in [5.41, 5.74) is 3.56. The van der Waals surface area contributed by atoms with Crippen molar-refractivity contribution >= 4 is 17.6 Å². The number of hydrogen-bond acceptors (Lipinski definition) is 4. The Morgan fingerprint density at radius 3 is 1.57 bits per heavy atom. The topological polar surface area (TPSA) is 44.8 Å². The van der Waals surface area contributed by atoms with Crippen molar-refractivity contribution < 1.29 is 19.0 Å². The number of unbranched alkanes of at least 4 members (excludes halogenated alkanes) is 18. The first-order chi connectivity index (χ1) is 23.0. The minimum Gasteiger partial charge on any atom is -0.496 e. The van der Waals surface area contributed by atoms with Crippen molar-refractivity contribution in [1.82, 2.24) is 0 Å². The van der Waals surface area contributed by atoms with Crippen LogP contribution >= 0.6 is 11.6 Å². The van der Waals surface area contributed by atoms with E-state index in [-0.39, 0.29) is 5.97 Å². The van der Waals surface area contributed by atoms with Gasteiger partial charge in [-0.15, -0.1) is 0 Å². The van der Waals surface area contributed by atoms with E-state index in [0.717, 1.165) is 67.8 Å². The second-order valence-electron chi connectivity index (χ2n) is 13.4. The van der Waals surface area contributed by atoms with Crippen molar-refractivity contribution in [2.24, 2.45) is 0 Å². The maximum atomic E-state index is 13.0. The average molecular weight is 671 g/mol.